The van der Waals surface area contributed by atoms with E-state index in [4.69, 9.17) is 5.73 Å². The molecular weight excluding hydrogens is 220 g/mol. The molecule has 0 aromatic heterocycles. The number of nitrogen functional groups attached to an aromatic ring is 1. The fourth-order valence-electron chi connectivity index (χ4n) is 2.75. The van der Waals surface area contributed by atoms with Gasteiger partial charge >= 0.3 is 0 Å². The monoisotopic (exact) mass is 246 g/mol. The van der Waals surface area contributed by atoms with Gasteiger partial charge in [-0.2, -0.15) is 0 Å². The summed E-state index contributed by atoms with van der Waals surface area (Å²) in [5, 5.41) is 3.42. The van der Waals surface area contributed by atoms with Crippen LogP contribution in [0, 0.1) is 5.92 Å². The van der Waals surface area contributed by atoms with Crippen molar-refractivity contribution in [2.45, 2.75) is 51.9 Å². The lowest BCUT2D eigenvalue weighted by Gasteiger charge is -2.23. The second-order valence-corrected chi connectivity index (χ2v) is 5.96. The number of hydrogen-bond donors (Lipinski definition) is 2. The topological polar surface area (TPSA) is 38.0 Å². The maximum absolute atomic E-state index is 6.15. The molecule has 0 unspecified atom stereocenters. The van der Waals surface area contributed by atoms with Crippen LogP contribution in [0.5, 0.6) is 0 Å². The van der Waals surface area contributed by atoms with Crippen molar-refractivity contribution >= 4 is 11.4 Å². The highest BCUT2D eigenvalue weighted by atomic mass is 14.9. The first-order chi connectivity index (χ1) is 8.66. The van der Waals surface area contributed by atoms with Crippen LogP contribution in [0.3, 0.4) is 0 Å². The first-order valence-electron chi connectivity index (χ1n) is 7.30. The van der Waals surface area contributed by atoms with Crippen molar-refractivity contribution in [3.8, 4) is 0 Å². The number of rotatable bonds is 4. The highest BCUT2D eigenvalue weighted by molar-refractivity contribution is 5.67. The van der Waals surface area contributed by atoms with Gasteiger partial charge in [0.1, 0.15) is 0 Å². The van der Waals surface area contributed by atoms with Gasteiger partial charge in [0.15, 0.2) is 0 Å². The molecule has 2 heteroatoms. The van der Waals surface area contributed by atoms with Crippen molar-refractivity contribution in [3.05, 3.63) is 23.8 Å². The van der Waals surface area contributed by atoms with Gasteiger partial charge in [-0.15, -0.1) is 0 Å². The highest BCUT2D eigenvalue weighted by Gasteiger charge is 2.16. The summed E-state index contributed by atoms with van der Waals surface area (Å²) in [5.74, 6) is 1.38. The molecule has 0 heterocycles. The first-order valence-corrected chi connectivity index (χ1v) is 7.30. The van der Waals surface area contributed by atoms with Crippen molar-refractivity contribution < 1.29 is 0 Å². The summed E-state index contributed by atoms with van der Waals surface area (Å²) in [6.07, 6.45) is 6.81. The molecule has 2 nitrogen and oxygen atoms in total. The van der Waals surface area contributed by atoms with Gasteiger partial charge in [0.25, 0.3) is 0 Å². The lowest BCUT2D eigenvalue weighted by atomic mass is 9.84. The molecule has 0 atom stereocenters. The Morgan fingerprint density at radius 3 is 2.56 bits per heavy atom. The fraction of sp³-hybridized carbons (Fsp3) is 0.625. The van der Waals surface area contributed by atoms with Crippen molar-refractivity contribution in [1.29, 1.82) is 0 Å². The molecule has 1 aromatic carbocycles. The molecule has 0 radical (unpaired) electrons. The molecule has 0 spiro atoms. The Balaban J connectivity index is 2.04. The Kier molecular flexibility index (Phi) is 4.51. The van der Waals surface area contributed by atoms with Crippen LogP contribution in [0.25, 0.3) is 0 Å². The second kappa shape index (κ2) is 6.12. The zero-order valence-corrected chi connectivity index (χ0v) is 11.7. The van der Waals surface area contributed by atoms with Crippen molar-refractivity contribution in [1.82, 2.24) is 0 Å². The van der Waals surface area contributed by atoms with E-state index in [1.54, 1.807) is 0 Å². The highest BCUT2D eigenvalue weighted by Crippen LogP contribution is 2.34. The van der Waals surface area contributed by atoms with Gasteiger partial charge in [-0.3, -0.25) is 0 Å². The molecule has 2 rings (SSSR count). The zero-order valence-electron chi connectivity index (χ0n) is 11.7. The van der Waals surface area contributed by atoms with Crippen LogP contribution >= 0.6 is 0 Å². The van der Waals surface area contributed by atoms with Gasteiger partial charge in [0.05, 0.1) is 11.4 Å². The Labute approximate surface area is 111 Å². The SMILES string of the molecule is CC(C)CNc1ccc(C2CCCCC2)cc1N. The smallest absolute Gasteiger partial charge is 0.0574 e. The maximum Gasteiger partial charge on any atom is 0.0574 e. The van der Waals surface area contributed by atoms with E-state index in [1.807, 2.05) is 0 Å². The van der Waals surface area contributed by atoms with Gasteiger partial charge in [0.2, 0.25) is 0 Å². The third-order valence-corrected chi connectivity index (χ3v) is 3.85. The molecule has 0 amide bonds. The van der Waals surface area contributed by atoms with Gasteiger partial charge < -0.3 is 11.1 Å². The van der Waals surface area contributed by atoms with E-state index in [2.05, 4.69) is 37.4 Å². The van der Waals surface area contributed by atoms with Crippen LogP contribution in [0.2, 0.25) is 0 Å². The lowest BCUT2D eigenvalue weighted by Crippen LogP contribution is -2.10. The quantitative estimate of drug-likeness (QED) is 0.773. The van der Waals surface area contributed by atoms with Gasteiger partial charge in [-0.1, -0.05) is 39.2 Å². The van der Waals surface area contributed by atoms with E-state index in [0.717, 1.165) is 23.8 Å². The Hall–Kier alpha value is -1.18. The molecule has 18 heavy (non-hydrogen) atoms. The molecule has 1 aliphatic carbocycles. The third-order valence-electron chi connectivity index (χ3n) is 3.85. The van der Waals surface area contributed by atoms with E-state index < -0.39 is 0 Å². The zero-order chi connectivity index (χ0) is 13.0. The number of nitrogens with two attached hydrogens (primary N) is 1. The average molecular weight is 246 g/mol. The summed E-state index contributed by atoms with van der Waals surface area (Å²) in [6, 6.07) is 6.59. The van der Waals surface area contributed by atoms with Crippen LogP contribution < -0.4 is 11.1 Å². The summed E-state index contributed by atoms with van der Waals surface area (Å²) in [4.78, 5) is 0. The van der Waals surface area contributed by atoms with E-state index in [-0.39, 0.29) is 0 Å². The minimum atomic E-state index is 0.641. The predicted molar refractivity (Wildman–Crippen MR) is 80.0 cm³/mol. The lowest BCUT2D eigenvalue weighted by molar-refractivity contribution is 0.444. The first kappa shape index (κ1) is 13.3. The van der Waals surface area contributed by atoms with Crippen LogP contribution in [0.4, 0.5) is 11.4 Å². The fourth-order valence-corrected chi connectivity index (χ4v) is 2.75. The summed E-state index contributed by atoms with van der Waals surface area (Å²) in [5.41, 5.74) is 9.57. The van der Waals surface area contributed by atoms with Gasteiger partial charge in [0, 0.05) is 6.54 Å². The number of anilines is 2. The van der Waals surface area contributed by atoms with Crippen molar-refractivity contribution in [2.24, 2.45) is 5.92 Å². The predicted octanol–water partition coefficient (Wildman–Crippen LogP) is 4.38. The van der Waals surface area contributed by atoms with Gasteiger partial charge in [-0.25, -0.2) is 0 Å². The maximum atomic E-state index is 6.15. The van der Waals surface area contributed by atoms with Gasteiger partial charge in [-0.05, 0) is 42.4 Å². The number of benzene rings is 1. The number of nitrogens with one attached hydrogen (secondary N) is 1. The Bertz CT molecular complexity index is 379. The van der Waals surface area contributed by atoms with Crippen molar-refractivity contribution in [3.63, 3.8) is 0 Å². The molecular formula is C16H26N2. The molecule has 0 aliphatic heterocycles. The van der Waals surface area contributed by atoms with Crippen LogP contribution in [0.1, 0.15) is 57.4 Å². The normalized spacial score (nSPS) is 17.1. The molecule has 3 N–H and O–H groups in total. The average Bonchev–Trinajstić information content (AvgIpc) is 2.38. The van der Waals surface area contributed by atoms with E-state index >= 15 is 0 Å². The molecule has 0 bridgehead atoms. The van der Waals surface area contributed by atoms with E-state index in [9.17, 15) is 0 Å². The van der Waals surface area contributed by atoms with Crippen LogP contribution in [-0.4, -0.2) is 6.54 Å². The summed E-state index contributed by atoms with van der Waals surface area (Å²) >= 11 is 0. The molecule has 1 saturated carbocycles. The molecule has 1 aromatic rings. The molecule has 1 fully saturated rings. The van der Waals surface area contributed by atoms with Crippen LogP contribution in [0.15, 0.2) is 18.2 Å². The minimum Gasteiger partial charge on any atom is -0.397 e. The van der Waals surface area contributed by atoms with E-state index in [0.29, 0.717) is 5.92 Å². The Morgan fingerprint density at radius 1 is 1.22 bits per heavy atom. The summed E-state index contributed by atoms with van der Waals surface area (Å²) in [7, 11) is 0. The third kappa shape index (κ3) is 3.41. The largest absolute Gasteiger partial charge is 0.397 e. The molecule has 0 saturated heterocycles. The van der Waals surface area contributed by atoms with E-state index in [1.165, 1.54) is 37.7 Å². The minimum absolute atomic E-state index is 0.641. The Morgan fingerprint density at radius 2 is 1.94 bits per heavy atom. The number of hydrogen-bond acceptors (Lipinski definition) is 2. The van der Waals surface area contributed by atoms with Crippen LogP contribution in [-0.2, 0) is 0 Å². The molecule has 100 valence electrons. The summed E-state index contributed by atoms with van der Waals surface area (Å²) in [6.45, 7) is 5.39. The molecule has 1 aliphatic rings. The van der Waals surface area contributed by atoms with Crippen molar-refractivity contribution in [2.75, 3.05) is 17.6 Å². The standard InChI is InChI=1S/C16H26N2/c1-12(2)11-18-16-9-8-14(10-15(16)17)13-6-4-3-5-7-13/h8-10,12-13,18H,3-7,11,17H2,1-2H3. The summed E-state index contributed by atoms with van der Waals surface area (Å²) < 4.78 is 0. The second-order valence-electron chi connectivity index (χ2n) is 5.96.